The topological polar surface area (TPSA) is 67.2 Å². The summed E-state index contributed by atoms with van der Waals surface area (Å²) in [7, 11) is 0. The summed E-state index contributed by atoms with van der Waals surface area (Å²) in [6.07, 6.45) is 5.48. The molecule has 0 aliphatic rings. The maximum atomic E-state index is 11.4. The number of carbonyl (C=O) groups excluding carboxylic acids is 1. The Morgan fingerprint density at radius 1 is 1.56 bits per heavy atom. The number of aliphatic hydroxyl groups is 1. The summed E-state index contributed by atoms with van der Waals surface area (Å²) in [5.74, 6) is 0.0353. The predicted molar refractivity (Wildman–Crippen MR) is 60.8 cm³/mol. The van der Waals surface area contributed by atoms with E-state index in [-0.39, 0.29) is 18.6 Å². The molecule has 5 heteroatoms. The van der Waals surface area contributed by atoms with Gasteiger partial charge in [0.25, 0.3) is 0 Å². The van der Waals surface area contributed by atoms with Crippen molar-refractivity contribution < 1.29 is 9.90 Å². The monoisotopic (exact) mass is 225 g/mol. The van der Waals surface area contributed by atoms with E-state index in [1.807, 2.05) is 19.2 Å². The first-order chi connectivity index (χ1) is 7.72. The van der Waals surface area contributed by atoms with Crippen LogP contribution in [0, 0.1) is 0 Å². The van der Waals surface area contributed by atoms with Gasteiger partial charge in [-0.3, -0.25) is 9.48 Å². The van der Waals surface area contributed by atoms with E-state index in [2.05, 4.69) is 10.4 Å². The highest BCUT2D eigenvalue weighted by Crippen LogP contribution is 1.96. The van der Waals surface area contributed by atoms with Crippen molar-refractivity contribution in [2.24, 2.45) is 0 Å². The third-order valence-corrected chi connectivity index (χ3v) is 2.24. The van der Waals surface area contributed by atoms with Crippen LogP contribution in [0.25, 0.3) is 0 Å². The van der Waals surface area contributed by atoms with Crippen molar-refractivity contribution in [3.63, 3.8) is 0 Å². The Kier molecular flexibility index (Phi) is 5.56. The Morgan fingerprint density at radius 3 is 3.00 bits per heavy atom. The molecule has 1 aromatic heterocycles. The van der Waals surface area contributed by atoms with Crippen molar-refractivity contribution in [2.45, 2.75) is 38.8 Å². The lowest BCUT2D eigenvalue weighted by atomic mass is 10.2. The standard InChI is InChI=1S/C11H19N3O2/c1-10(9-14-7-4-6-12-14)13-11(16)5-2-3-8-15/h4,6-7,10,15H,2-3,5,8-9H2,1H3,(H,13,16). The number of aliphatic hydroxyl groups excluding tert-OH is 1. The smallest absolute Gasteiger partial charge is 0.220 e. The molecule has 1 amide bonds. The van der Waals surface area contributed by atoms with E-state index in [1.54, 1.807) is 10.9 Å². The number of hydrogen-bond donors (Lipinski definition) is 2. The Morgan fingerprint density at radius 2 is 2.38 bits per heavy atom. The van der Waals surface area contributed by atoms with Crippen LogP contribution >= 0.6 is 0 Å². The molecule has 0 aromatic carbocycles. The first-order valence-electron chi connectivity index (χ1n) is 5.60. The third kappa shape index (κ3) is 4.93. The quantitative estimate of drug-likeness (QED) is 0.666. The Balaban J connectivity index is 2.18. The van der Waals surface area contributed by atoms with Crippen LogP contribution < -0.4 is 5.32 Å². The second-order valence-corrected chi connectivity index (χ2v) is 3.88. The Hall–Kier alpha value is -1.36. The number of unbranched alkanes of at least 4 members (excludes halogenated alkanes) is 1. The molecule has 1 rings (SSSR count). The summed E-state index contributed by atoms with van der Waals surface area (Å²) in [6.45, 7) is 2.78. The normalized spacial score (nSPS) is 12.4. The van der Waals surface area contributed by atoms with Crippen LogP contribution in [0.4, 0.5) is 0 Å². The van der Waals surface area contributed by atoms with Crippen LogP contribution in [-0.2, 0) is 11.3 Å². The zero-order valence-electron chi connectivity index (χ0n) is 9.59. The first-order valence-corrected chi connectivity index (χ1v) is 5.60. The Bertz CT molecular complexity index is 298. The van der Waals surface area contributed by atoms with E-state index < -0.39 is 0 Å². The minimum Gasteiger partial charge on any atom is -0.396 e. The molecular formula is C11H19N3O2. The average Bonchev–Trinajstić information content (AvgIpc) is 2.70. The molecule has 0 bridgehead atoms. The number of aromatic nitrogens is 2. The van der Waals surface area contributed by atoms with Crippen molar-refractivity contribution in [2.75, 3.05) is 6.61 Å². The van der Waals surface area contributed by atoms with Crippen LogP contribution in [0.3, 0.4) is 0 Å². The fourth-order valence-corrected chi connectivity index (χ4v) is 1.48. The fourth-order valence-electron chi connectivity index (χ4n) is 1.48. The van der Waals surface area contributed by atoms with Crippen LogP contribution in [0.5, 0.6) is 0 Å². The molecule has 0 fully saturated rings. The van der Waals surface area contributed by atoms with Crippen molar-refractivity contribution in [1.29, 1.82) is 0 Å². The van der Waals surface area contributed by atoms with Gasteiger partial charge < -0.3 is 10.4 Å². The van der Waals surface area contributed by atoms with Gasteiger partial charge in [0.05, 0.1) is 6.54 Å². The van der Waals surface area contributed by atoms with Crippen molar-refractivity contribution in [3.8, 4) is 0 Å². The number of nitrogens with one attached hydrogen (secondary N) is 1. The van der Waals surface area contributed by atoms with Gasteiger partial charge in [0.15, 0.2) is 0 Å². The second kappa shape index (κ2) is 7.00. The lowest BCUT2D eigenvalue weighted by molar-refractivity contribution is -0.121. The van der Waals surface area contributed by atoms with Crippen molar-refractivity contribution in [1.82, 2.24) is 15.1 Å². The van der Waals surface area contributed by atoms with Gasteiger partial charge >= 0.3 is 0 Å². The maximum absolute atomic E-state index is 11.4. The maximum Gasteiger partial charge on any atom is 0.220 e. The summed E-state index contributed by atoms with van der Waals surface area (Å²) in [4.78, 5) is 11.4. The molecule has 0 saturated carbocycles. The third-order valence-electron chi connectivity index (χ3n) is 2.24. The van der Waals surface area contributed by atoms with E-state index in [0.29, 0.717) is 19.4 Å². The van der Waals surface area contributed by atoms with Crippen LogP contribution in [0.2, 0.25) is 0 Å². The minimum atomic E-state index is 0.0353. The first kappa shape index (κ1) is 12.7. The molecule has 0 aliphatic heterocycles. The molecule has 1 heterocycles. The summed E-state index contributed by atoms with van der Waals surface area (Å²) in [6, 6.07) is 1.93. The molecular weight excluding hydrogens is 206 g/mol. The number of rotatable bonds is 7. The number of nitrogens with zero attached hydrogens (tertiary/aromatic N) is 2. The molecule has 0 saturated heterocycles. The molecule has 1 aromatic rings. The van der Waals surface area contributed by atoms with E-state index >= 15 is 0 Å². The van der Waals surface area contributed by atoms with Gasteiger partial charge in [0.1, 0.15) is 0 Å². The zero-order valence-corrected chi connectivity index (χ0v) is 9.59. The van der Waals surface area contributed by atoms with E-state index in [1.165, 1.54) is 0 Å². The van der Waals surface area contributed by atoms with Crippen molar-refractivity contribution >= 4 is 5.91 Å². The van der Waals surface area contributed by atoms with Crippen LogP contribution in [0.1, 0.15) is 26.2 Å². The SMILES string of the molecule is CC(Cn1cccn1)NC(=O)CCCCO. The molecule has 5 nitrogen and oxygen atoms in total. The van der Waals surface area contributed by atoms with Crippen LogP contribution in [-0.4, -0.2) is 33.4 Å². The predicted octanol–water partition coefficient (Wildman–Crippen LogP) is 0.550. The number of hydrogen-bond acceptors (Lipinski definition) is 3. The summed E-state index contributed by atoms with van der Waals surface area (Å²) in [5, 5.41) is 15.6. The van der Waals surface area contributed by atoms with Gasteiger partial charge in [0, 0.05) is 31.5 Å². The van der Waals surface area contributed by atoms with Crippen molar-refractivity contribution in [3.05, 3.63) is 18.5 Å². The molecule has 1 unspecified atom stereocenters. The summed E-state index contributed by atoms with van der Waals surface area (Å²) in [5.41, 5.74) is 0. The van der Waals surface area contributed by atoms with Gasteiger partial charge in [-0.15, -0.1) is 0 Å². The second-order valence-electron chi connectivity index (χ2n) is 3.88. The highest BCUT2D eigenvalue weighted by atomic mass is 16.2. The fraction of sp³-hybridized carbons (Fsp3) is 0.636. The van der Waals surface area contributed by atoms with Crippen LogP contribution in [0.15, 0.2) is 18.5 Å². The summed E-state index contributed by atoms with van der Waals surface area (Å²) < 4.78 is 1.79. The van der Waals surface area contributed by atoms with E-state index in [4.69, 9.17) is 5.11 Å². The van der Waals surface area contributed by atoms with Gasteiger partial charge in [0.2, 0.25) is 5.91 Å². The molecule has 16 heavy (non-hydrogen) atoms. The summed E-state index contributed by atoms with van der Waals surface area (Å²) >= 11 is 0. The lowest BCUT2D eigenvalue weighted by Gasteiger charge is -2.13. The Labute approximate surface area is 95.5 Å². The largest absolute Gasteiger partial charge is 0.396 e. The van der Waals surface area contributed by atoms with E-state index in [0.717, 1.165) is 6.42 Å². The highest BCUT2D eigenvalue weighted by Gasteiger charge is 2.07. The molecule has 2 N–H and O–H groups in total. The van der Waals surface area contributed by atoms with Gasteiger partial charge in [-0.1, -0.05) is 0 Å². The molecule has 0 spiro atoms. The molecule has 0 radical (unpaired) electrons. The lowest BCUT2D eigenvalue weighted by Crippen LogP contribution is -2.35. The average molecular weight is 225 g/mol. The van der Waals surface area contributed by atoms with Gasteiger partial charge in [-0.25, -0.2) is 0 Å². The number of amides is 1. The minimum absolute atomic E-state index is 0.0353. The molecule has 1 atom stereocenters. The molecule has 0 aliphatic carbocycles. The van der Waals surface area contributed by atoms with Gasteiger partial charge in [-0.2, -0.15) is 5.10 Å². The molecule has 90 valence electrons. The van der Waals surface area contributed by atoms with Gasteiger partial charge in [-0.05, 0) is 25.8 Å². The highest BCUT2D eigenvalue weighted by molar-refractivity contribution is 5.76. The van der Waals surface area contributed by atoms with E-state index in [9.17, 15) is 4.79 Å². The zero-order chi connectivity index (χ0) is 11.8. The number of carbonyl (C=O) groups is 1.